The van der Waals surface area contributed by atoms with E-state index in [0.29, 0.717) is 6.20 Å². The minimum absolute atomic E-state index is 0.0605. The number of carboxylic acid groups (broad SMARTS) is 1. The molecule has 172 valence electrons. The molecule has 3 unspecified atom stereocenters. The summed E-state index contributed by atoms with van der Waals surface area (Å²) in [4.78, 5) is 46.6. The molecule has 0 radical (unpaired) electrons. The Balaban J connectivity index is 1.77. The highest BCUT2D eigenvalue weighted by Gasteiger charge is 2.38. The number of aromatic amines is 1. The smallest absolute Gasteiger partial charge is 0.481 e. The van der Waals surface area contributed by atoms with E-state index < -0.39 is 55.4 Å². The first-order valence-corrected chi connectivity index (χ1v) is 10.8. The number of nitrogens with one attached hydrogen (secondary N) is 2. The number of hydrogen-bond acceptors (Lipinski definition) is 8. The van der Waals surface area contributed by atoms with Crippen molar-refractivity contribution in [2.75, 3.05) is 19.3 Å². The molecule has 1 fully saturated rings. The summed E-state index contributed by atoms with van der Waals surface area (Å²) in [5.41, 5.74) is -2.06. The quantitative estimate of drug-likeness (QED) is 0.320. The molecule has 5 atom stereocenters. The largest absolute Gasteiger partial charge is 0.508 e. The van der Waals surface area contributed by atoms with Crippen molar-refractivity contribution in [2.45, 2.75) is 44.6 Å². The second-order valence-corrected chi connectivity index (χ2v) is 8.48. The van der Waals surface area contributed by atoms with E-state index in [1.807, 2.05) is 0 Å². The van der Waals surface area contributed by atoms with Gasteiger partial charge in [0.25, 0.3) is 5.56 Å². The minimum atomic E-state index is -2.15. The van der Waals surface area contributed by atoms with Crippen molar-refractivity contribution in [2.24, 2.45) is 5.92 Å². The van der Waals surface area contributed by atoms with Gasteiger partial charge in [-0.25, -0.2) is 4.79 Å². The Hall–Kier alpha value is -2.47. The molecule has 1 amide bonds. The molecule has 0 bridgehead atoms. The Labute approximate surface area is 176 Å². The van der Waals surface area contributed by atoms with Crippen LogP contribution < -0.4 is 16.6 Å². The first kappa shape index (κ1) is 24.8. The van der Waals surface area contributed by atoms with Gasteiger partial charge in [-0.15, -0.1) is 4.52 Å². The molecule has 31 heavy (non-hydrogen) atoms. The zero-order chi connectivity index (χ0) is 23.1. The van der Waals surface area contributed by atoms with E-state index in [0.717, 1.165) is 4.57 Å². The highest BCUT2D eigenvalue weighted by Crippen LogP contribution is 2.31. The van der Waals surface area contributed by atoms with Crippen LogP contribution in [0.15, 0.2) is 15.8 Å². The molecule has 1 aliphatic rings. The lowest BCUT2D eigenvalue weighted by Crippen LogP contribution is -2.34. The summed E-state index contributed by atoms with van der Waals surface area (Å²) in [6, 6.07) is 0. The minimum Gasteiger partial charge on any atom is -0.481 e. The number of carboxylic acids is 1. The van der Waals surface area contributed by atoms with Gasteiger partial charge in [0.15, 0.2) is 6.16 Å². The van der Waals surface area contributed by atoms with Gasteiger partial charge in [0.05, 0.1) is 18.7 Å². The molecule has 14 heteroatoms. The van der Waals surface area contributed by atoms with E-state index in [2.05, 4.69) is 5.32 Å². The number of aromatic nitrogens is 2. The van der Waals surface area contributed by atoms with Crippen LogP contribution in [0.3, 0.4) is 0 Å². The first-order valence-electron chi connectivity index (χ1n) is 9.47. The molecule has 2 rings (SSSR count). The third-order valence-electron chi connectivity index (χ3n) is 4.50. The number of rotatable bonds is 11. The van der Waals surface area contributed by atoms with E-state index in [9.17, 15) is 33.2 Å². The lowest BCUT2D eigenvalue weighted by molar-refractivity contribution is -0.138. The van der Waals surface area contributed by atoms with Crippen molar-refractivity contribution < 1.29 is 38.0 Å². The fourth-order valence-corrected chi connectivity index (χ4v) is 3.89. The predicted octanol–water partition coefficient (Wildman–Crippen LogP) is -0.300. The van der Waals surface area contributed by atoms with Crippen molar-refractivity contribution in [3.63, 3.8) is 0 Å². The zero-order valence-electron chi connectivity index (χ0n) is 16.7. The number of amides is 1. The van der Waals surface area contributed by atoms with Crippen molar-refractivity contribution in [1.29, 1.82) is 0 Å². The Morgan fingerprint density at radius 1 is 1.45 bits per heavy atom. The van der Waals surface area contributed by atoms with Crippen LogP contribution in [0.1, 0.15) is 32.4 Å². The second-order valence-electron chi connectivity index (χ2n) is 7.19. The van der Waals surface area contributed by atoms with Crippen LogP contribution in [0, 0.1) is 11.7 Å². The molecule has 1 aromatic rings. The zero-order valence-corrected chi connectivity index (χ0v) is 17.5. The number of carbonyl (C=O) groups is 2. The summed E-state index contributed by atoms with van der Waals surface area (Å²) in [6.07, 6.45) is -2.71. The number of carbonyl (C=O) groups excluding carboxylic acids is 1. The third-order valence-corrected chi connectivity index (χ3v) is 5.85. The van der Waals surface area contributed by atoms with Gasteiger partial charge in [-0.05, 0) is 4.57 Å². The molecule has 1 aliphatic heterocycles. The van der Waals surface area contributed by atoms with Crippen LogP contribution in [-0.4, -0.2) is 63.2 Å². The Bertz CT molecular complexity index is 934. The van der Waals surface area contributed by atoms with Crippen molar-refractivity contribution in [3.8, 4) is 0 Å². The van der Waals surface area contributed by atoms with Crippen molar-refractivity contribution in [3.05, 3.63) is 32.9 Å². The summed E-state index contributed by atoms with van der Waals surface area (Å²) in [7, 11) is -2.15. The number of hydrogen-bond donors (Lipinski definition) is 4. The van der Waals surface area contributed by atoms with Gasteiger partial charge >= 0.3 is 19.7 Å². The lowest BCUT2D eigenvalue weighted by atomic mass is 10.2. The normalized spacial score (nSPS) is 22.2. The summed E-state index contributed by atoms with van der Waals surface area (Å²) < 4.78 is 37.1. The molecular formula is C17H24FN3O9P+. The highest BCUT2D eigenvalue weighted by atomic mass is 31.1. The maximum absolute atomic E-state index is 13.4. The van der Waals surface area contributed by atoms with Crippen molar-refractivity contribution in [1.82, 2.24) is 14.9 Å². The van der Waals surface area contributed by atoms with Crippen molar-refractivity contribution >= 4 is 19.9 Å². The molecule has 12 nitrogen and oxygen atoms in total. The van der Waals surface area contributed by atoms with Gasteiger partial charge < -0.3 is 20.3 Å². The standard InChI is InChI=1S/C17H23FN3O9P/c1-9(5-19-13(23)2-3-15(24)25)8-31(28)29-7-12-11(22)4-14(30-12)21-6-10(18)16(26)20-17(21)27/h6,9,11-12,14,22H,2-5,7-8H2,1H3,(H2-,19,20,23,24,25,26,27)/p+1/t9?,11?,12-,14-/m0/s1. The monoisotopic (exact) mass is 464 g/mol. The molecule has 4 N–H and O–H groups in total. The van der Waals surface area contributed by atoms with Gasteiger partial charge in [-0.1, -0.05) is 6.92 Å². The highest BCUT2D eigenvalue weighted by molar-refractivity contribution is 7.39. The van der Waals surface area contributed by atoms with Gasteiger partial charge in [0, 0.05) is 25.3 Å². The number of ether oxygens (including phenoxy) is 1. The second kappa shape index (κ2) is 11.2. The van der Waals surface area contributed by atoms with E-state index in [4.69, 9.17) is 14.4 Å². The van der Waals surface area contributed by atoms with E-state index in [1.165, 1.54) is 0 Å². The average Bonchev–Trinajstić information content (AvgIpc) is 3.06. The van der Waals surface area contributed by atoms with E-state index in [1.54, 1.807) is 11.9 Å². The van der Waals surface area contributed by atoms with Gasteiger partial charge in [-0.3, -0.25) is 23.9 Å². The molecular weight excluding hydrogens is 440 g/mol. The van der Waals surface area contributed by atoms with Crippen LogP contribution in [0.2, 0.25) is 0 Å². The van der Waals surface area contributed by atoms with E-state index >= 15 is 0 Å². The number of aliphatic hydroxyl groups is 1. The summed E-state index contributed by atoms with van der Waals surface area (Å²) in [5, 5.41) is 21.2. The third kappa shape index (κ3) is 7.62. The number of aliphatic hydroxyl groups excluding tert-OH is 1. The molecule has 0 aromatic carbocycles. The van der Waals surface area contributed by atoms with E-state index in [-0.39, 0.29) is 44.5 Å². The molecule has 1 aromatic heterocycles. The SMILES string of the molecule is CC(CNC(=O)CCC(=O)O)C[P+](=O)OC[C@@H]1O[C@H](n2cc(F)c(=O)[nH]c2=O)CC1O. The van der Waals surface area contributed by atoms with Gasteiger partial charge in [0.1, 0.15) is 18.9 Å². The molecule has 0 saturated carbocycles. The number of aliphatic carboxylic acids is 1. The Kier molecular flexibility index (Phi) is 8.99. The fraction of sp³-hybridized carbons (Fsp3) is 0.647. The van der Waals surface area contributed by atoms with Crippen LogP contribution in [0.4, 0.5) is 4.39 Å². The lowest BCUT2D eigenvalue weighted by Gasteiger charge is -2.14. The summed E-state index contributed by atoms with van der Waals surface area (Å²) in [5.74, 6) is -2.89. The number of halogens is 1. The Morgan fingerprint density at radius 2 is 2.16 bits per heavy atom. The van der Waals surface area contributed by atoms with Gasteiger partial charge in [0.2, 0.25) is 11.7 Å². The van der Waals surface area contributed by atoms with Crippen LogP contribution in [-0.2, 0) is 23.4 Å². The topological polar surface area (TPSA) is 177 Å². The average molecular weight is 464 g/mol. The van der Waals surface area contributed by atoms with Crippen LogP contribution in [0.5, 0.6) is 0 Å². The summed E-state index contributed by atoms with van der Waals surface area (Å²) in [6.45, 7) is 1.67. The predicted molar refractivity (Wildman–Crippen MR) is 103 cm³/mol. The molecule has 0 spiro atoms. The van der Waals surface area contributed by atoms with Crippen LogP contribution in [0.25, 0.3) is 0 Å². The number of nitrogens with zero attached hydrogens (tertiary/aromatic N) is 1. The maximum Gasteiger partial charge on any atom is 0.508 e. The van der Waals surface area contributed by atoms with Crippen LogP contribution >= 0.6 is 8.03 Å². The fourth-order valence-electron chi connectivity index (χ4n) is 2.84. The first-order chi connectivity index (χ1) is 14.6. The molecule has 1 saturated heterocycles. The maximum atomic E-state index is 13.4. The molecule has 2 heterocycles. The number of H-pyrrole nitrogens is 1. The molecule has 0 aliphatic carbocycles. The Morgan fingerprint density at radius 3 is 2.84 bits per heavy atom. The summed E-state index contributed by atoms with van der Waals surface area (Å²) >= 11 is 0. The van der Waals surface area contributed by atoms with Gasteiger partial charge in [-0.2, -0.15) is 4.39 Å².